The largest absolute Gasteiger partial charge is 0.506 e. The van der Waals surface area contributed by atoms with Crippen molar-refractivity contribution in [1.29, 1.82) is 0 Å². The number of amides is 1. The van der Waals surface area contributed by atoms with Gasteiger partial charge >= 0.3 is 0 Å². The Balaban J connectivity index is 2.13. The highest BCUT2D eigenvalue weighted by atomic mass is 19.1. The van der Waals surface area contributed by atoms with Crippen LogP contribution >= 0.6 is 0 Å². The van der Waals surface area contributed by atoms with Crippen LogP contribution in [0.15, 0.2) is 53.3 Å². The lowest BCUT2D eigenvalue weighted by Gasteiger charge is -2.14. The summed E-state index contributed by atoms with van der Waals surface area (Å²) >= 11 is 0. The first kappa shape index (κ1) is 16.7. The van der Waals surface area contributed by atoms with E-state index in [1.165, 1.54) is 28.8 Å². The van der Waals surface area contributed by atoms with E-state index in [1.807, 2.05) is 6.92 Å². The maximum Gasteiger partial charge on any atom is 0.267 e. The molecule has 128 valence electrons. The molecule has 5 nitrogen and oxygen atoms in total. The maximum absolute atomic E-state index is 13.0. The van der Waals surface area contributed by atoms with E-state index in [-0.39, 0.29) is 11.3 Å². The zero-order valence-electron chi connectivity index (χ0n) is 13.6. The van der Waals surface area contributed by atoms with Crippen molar-refractivity contribution >= 4 is 22.5 Å². The number of pyridine rings is 1. The molecule has 0 aliphatic carbocycles. The summed E-state index contributed by atoms with van der Waals surface area (Å²) in [6.45, 7) is 2.35. The molecule has 1 amide bonds. The molecule has 0 bridgehead atoms. The fourth-order valence-corrected chi connectivity index (χ4v) is 2.77. The number of fused-ring (bicyclic) bond motifs is 1. The first-order valence-electron chi connectivity index (χ1n) is 7.94. The predicted octanol–water partition coefficient (Wildman–Crippen LogP) is 3.51. The smallest absolute Gasteiger partial charge is 0.267 e. The van der Waals surface area contributed by atoms with Gasteiger partial charge in [0.25, 0.3) is 11.5 Å². The number of carbonyl (C=O) groups excluding carboxylic acids is 1. The van der Waals surface area contributed by atoms with Crippen molar-refractivity contribution in [2.24, 2.45) is 0 Å². The number of para-hydroxylation sites is 1. The zero-order valence-corrected chi connectivity index (χ0v) is 13.6. The van der Waals surface area contributed by atoms with Gasteiger partial charge in [-0.15, -0.1) is 0 Å². The quantitative estimate of drug-likeness (QED) is 0.763. The van der Waals surface area contributed by atoms with Crippen LogP contribution in [0.3, 0.4) is 0 Å². The van der Waals surface area contributed by atoms with Crippen LogP contribution in [0.4, 0.5) is 10.1 Å². The molecule has 0 unspecified atom stereocenters. The molecule has 6 heteroatoms. The molecular weight excluding hydrogens is 323 g/mol. The summed E-state index contributed by atoms with van der Waals surface area (Å²) < 4.78 is 14.5. The van der Waals surface area contributed by atoms with E-state index in [0.717, 1.165) is 0 Å². The van der Waals surface area contributed by atoms with E-state index >= 15 is 0 Å². The van der Waals surface area contributed by atoms with Crippen LogP contribution < -0.4 is 10.9 Å². The Morgan fingerprint density at radius 3 is 2.52 bits per heavy atom. The molecule has 0 radical (unpaired) electrons. The van der Waals surface area contributed by atoms with E-state index in [0.29, 0.717) is 29.6 Å². The normalized spacial score (nSPS) is 10.8. The summed E-state index contributed by atoms with van der Waals surface area (Å²) in [5.74, 6) is -1.52. The molecule has 0 saturated carbocycles. The number of nitrogens with one attached hydrogen (secondary N) is 1. The first-order chi connectivity index (χ1) is 12.0. The topological polar surface area (TPSA) is 71.3 Å². The molecule has 0 saturated heterocycles. The second kappa shape index (κ2) is 6.76. The van der Waals surface area contributed by atoms with Crippen LogP contribution in [0.2, 0.25) is 0 Å². The van der Waals surface area contributed by atoms with Gasteiger partial charge < -0.3 is 15.0 Å². The number of hydrogen-bond donors (Lipinski definition) is 2. The third kappa shape index (κ3) is 3.10. The molecule has 0 aliphatic heterocycles. The second-order valence-corrected chi connectivity index (χ2v) is 5.66. The summed E-state index contributed by atoms with van der Waals surface area (Å²) in [5.41, 5.74) is 0.0275. The Morgan fingerprint density at radius 2 is 1.84 bits per heavy atom. The number of hydrogen-bond acceptors (Lipinski definition) is 3. The molecule has 1 heterocycles. The third-order valence-electron chi connectivity index (χ3n) is 3.92. The van der Waals surface area contributed by atoms with Gasteiger partial charge in [0, 0.05) is 17.6 Å². The van der Waals surface area contributed by atoms with Crippen molar-refractivity contribution in [2.75, 3.05) is 5.32 Å². The number of halogens is 1. The fourth-order valence-electron chi connectivity index (χ4n) is 2.77. The first-order valence-corrected chi connectivity index (χ1v) is 7.94. The van der Waals surface area contributed by atoms with Crippen LogP contribution in [0.5, 0.6) is 5.75 Å². The zero-order chi connectivity index (χ0) is 18.0. The van der Waals surface area contributed by atoms with E-state index in [1.54, 1.807) is 24.3 Å². The number of nitrogens with zero attached hydrogens (tertiary/aromatic N) is 1. The molecule has 0 aliphatic rings. The van der Waals surface area contributed by atoms with E-state index in [4.69, 9.17) is 0 Å². The van der Waals surface area contributed by atoms with Gasteiger partial charge in [0.05, 0.1) is 5.52 Å². The Bertz CT molecular complexity index is 994. The van der Waals surface area contributed by atoms with Crippen molar-refractivity contribution in [1.82, 2.24) is 4.57 Å². The summed E-state index contributed by atoms with van der Waals surface area (Å²) in [7, 11) is 0. The minimum Gasteiger partial charge on any atom is -0.506 e. The Morgan fingerprint density at radius 1 is 1.16 bits per heavy atom. The number of carbonyl (C=O) groups is 1. The fraction of sp³-hybridized carbons (Fsp3) is 0.158. The van der Waals surface area contributed by atoms with E-state index in [2.05, 4.69) is 5.32 Å². The number of aromatic nitrogens is 1. The standard InChI is InChI=1S/C19H17FN2O3/c1-2-11-22-15-6-4-3-5-14(15)17(23)16(19(22)25)18(24)21-13-9-7-12(20)8-10-13/h3-10,23H,2,11H2,1H3,(H,21,24). The number of aryl methyl sites for hydroxylation is 1. The summed E-state index contributed by atoms with van der Waals surface area (Å²) in [4.78, 5) is 25.3. The predicted molar refractivity (Wildman–Crippen MR) is 94.5 cm³/mol. The maximum atomic E-state index is 13.0. The van der Waals surface area contributed by atoms with E-state index < -0.39 is 17.3 Å². The highest BCUT2D eigenvalue weighted by Gasteiger charge is 2.22. The molecule has 2 N–H and O–H groups in total. The minimum atomic E-state index is -0.732. The lowest BCUT2D eigenvalue weighted by molar-refractivity contribution is 0.102. The number of aromatic hydroxyl groups is 1. The monoisotopic (exact) mass is 340 g/mol. The number of anilines is 1. The average molecular weight is 340 g/mol. The Labute approximate surface area is 143 Å². The number of benzene rings is 2. The van der Waals surface area contributed by atoms with Crippen LogP contribution in [0.1, 0.15) is 23.7 Å². The van der Waals surface area contributed by atoms with Crippen molar-refractivity contribution < 1.29 is 14.3 Å². The molecule has 25 heavy (non-hydrogen) atoms. The third-order valence-corrected chi connectivity index (χ3v) is 3.92. The summed E-state index contributed by atoms with van der Waals surface area (Å²) in [6.07, 6.45) is 0.702. The van der Waals surface area contributed by atoms with Crippen molar-refractivity contribution in [2.45, 2.75) is 19.9 Å². The molecule has 3 rings (SSSR count). The van der Waals surface area contributed by atoms with Gasteiger partial charge in [-0.25, -0.2) is 4.39 Å². The highest BCUT2D eigenvalue weighted by molar-refractivity contribution is 6.09. The van der Waals surface area contributed by atoms with Gasteiger partial charge in [0.15, 0.2) is 0 Å². The van der Waals surface area contributed by atoms with Gasteiger partial charge in [-0.1, -0.05) is 19.1 Å². The Kier molecular flexibility index (Phi) is 4.52. The molecule has 1 aromatic heterocycles. The molecule has 0 atom stereocenters. The lowest BCUT2D eigenvalue weighted by Crippen LogP contribution is -2.29. The molecule has 3 aromatic rings. The molecule has 0 spiro atoms. The van der Waals surface area contributed by atoms with Gasteiger partial charge in [0.2, 0.25) is 0 Å². The molecule has 2 aromatic carbocycles. The summed E-state index contributed by atoms with van der Waals surface area (Å²) in [6, 6.07) is 12.1. The van der Waals surface area contributed by atoms with E-state index in [9.17, 15) is 19.1 Å². The Hall–Kier alpha value is -3.15. The SMILES string of the molecule is CCCn1c(=O)c(C(=O)Nc2ccc(F)cc2)c(O)c2ccccc21. The molecule has 0 fully saturated rings. The lowest BCUT2D eigenvalue weighted by atomic mass is 10.1. The van der Waals surface area contributed by atoms with Crippen molar-refractivity contribution in [3.8, 4) is 5.75 Å². The van der Waals surface area contributed by atoms with Crippen molar-refractivity contribution in [3.63, 3.8) is 0 Å². The van der Waals surface area contributed by atoms with Crippen LogP contribution in [0, 0.1) is 5.82 Å². The van der Waals surface area contributed by atoms with Crippen LogP contribution in [0.25, 0.3) is 10.9 Å². The van der Waals surface area contributed by atoms with Crippen LogP contribution in [-0.2, 0) is 6.54 Å². The van der Waals surface area contributed by atoms with Gasteiger partial charge in [-0.05, 0) is 42.8 Å². The highest BCUT2D eigenvalue weighted by Crippen LogP contribution is 2.27. The average Bonchev–Trinajstić information content (AvgIpc) is 2.61. The van der Waals surface area contributed by atoms with Gasteiger partial charge in [0.1, 0.15) is 17.1 Å². The van der Waals surface area contributed by atoms with Gasteiger partial charge in [-0.3, -0.25) is 9.59 Å². The van der Waals surface area contributed by atoms with Crippen molar-refractivity contribution in [3.05, 3.63) is 70.3 Å². The van der Waals surface area contributed by atoms with Gasteiger partial charge in [-0.2, -0.15) is 0 Å². The summed E-state index contributed by atoms with van der Waals surface area (Å²) in [5, 5.41) is 13.4. The number of rotatable bonds is 4. The molecular formula is C19H17FN2O3. The second-order valence-electron chi connectivity index (χ2n) is 5.66. The van der Waals surface area contributed by atoms with Crippen LogP contribution in [-0.4, -0.2) is 15.6 Å². The minimum absolute atomic E-state index is 0.323.